The Morgan fingerprint density at radius 2 is 1.58 bits per heavy atom. The van der Waals surface area contributed by atoms with E-state index in [0.29, 0.717) is 12.0 Å². The van der Waals surface area contributed by atoms with Crippen LogP contribution < -0.4 is 54.0 Å². The fourth-order valence-electron chi connectivity index (χ4n) is 8.50. The normalized spacial score (nSPS) is 26.0. The van der Waals surface area contributed by atoms with Gasteiger partial charge < -0.3 is 59.0 Å². The molecule has 6 atom stereocenters. The number of aromatic amines is 1. The van der Waals surface area contributed by atoms with Crippen LogP contribution in [0.1, 0.15) is 56.1 Å². The lowest BCUT2D eigenvalue weighted by molar-refractivity contribution is -0.140. The first-order valence-corrected chi connectivity index (χ1v) is 21.5. The molecule has 342 valence electrons. The predicted octanol–water partition coefficient (Wildman–Crippen LogP) is -1.97. The third-order valence-corrected chi connectivity index (χ3v) is 11.8. The second-order valence-electron chi connectivity index (χ2n) is 16.4. The highest BCUT2D eigenvalue weighted by molar-refractivity contribution is 6.08. The van der Waals surface area contributed by atoms with Crippen LogP contribution in [0.25, 0.3) is 10.9 Å². The number of carbonyl (C=O) groups is 8. The van der Waals surface area contributed by atoms with Crippen LogP contribution >= 0.6 is 0 Å². The maximum absolute atomic E-state index is 15.2. The number of nitrogens with zero attached hydrogens (tertiary/aromatic N) is 1. The highest BCUT2D eigenvalue weighted by Gasteiger charge is 2.52. The van der Waals surface area contributed by atoms with Crippen LogP contribution in [-0.4, -0.2) is 132 Å². The van der Waals surface area contributed by atoms with Gasteiger partial charge >= 0.3 is 6.03 Å². The lowest BCUT2D eigenvalue weighted by Gasteiger charge is -2.41. The molecule has 3 aliphatic heterocycles. The van der Waals surface area contributed by atoms with E-state index in [0.717, 1.165) is 21.4 Å². The van der Waals surface area contributed by atoms with E-state index in [1.54, 1.807) is 6.20 Å². The Hall–Kier alpha value is -6.87. The Morgan fingerprint density at radius 1 is 0.812 bits per heavy atom. The minimum Gasteiger partial charge on any atom is -0.370 e. The molecule has 1 aromatic heterocycles. The molecule has 0 radical (unpaired) electrons. The Balaban J connectivity index is 1.46. The number of ketones is 1. The van der Waals surface area contributed by atoms with Crippen molar-refractivity contribution in [2.24, 2.45) is 11.5 Å². The minimum atomic E-state index is -2.09. The summed E-state index contributed by atoms with van der Waals surface area (Å²) in [6.45, 7) is 0.106. The molecule has 2 aromatic carbocycles. The number of guanidine groups is 1. The Bertz CT molecular complexity index is 2230. The molecule has 3 aromatic rings. The van der Waals surface area contributed by atoms with Crippen LogP contribution in [0.5, 0.6) is 0 Å². The average Bonchev–Trinajstić information content (AvgIpc) is 3.78. The number of fused-ring (bicyclic) bond motifs is 4. The van der Waals surface area contributed by atoms with Gasteiger partial charge in [-0.15, -0.1) is 0 Å². The first kappa shape index (κ1) is 46.6. The highest BCUT2D eigenvalue weighted by atomic mass is 16.2. The predicted molar refractivity (Wildman–Crippen MR) is 234 cm³/mol. The van der Waals surface area contributed by atoms with Crippen LogP contribution in [0.3, 0.4) is 0 Å². The first-order chi connectivity index (χ1) is 30.7. The maximum atomic E-state index is 15.2. The van der Waals surface area contributed by atoms with Crippen molar-refractivity contribution in [3.8, 4) is 0 Å². The number of rotatable bonds is 8. The largest absolute Gasteiger partial charge is 0.370 e. The van der Waals surface area contributed by atoms with Crippen LogP contribution in [0.2, 0.25) is 0 Å². The van der Waals surface area contributed by atoms with Gasteiger partial charge in [0.1, 0.15) is 29.7 Å². The molecular formula is C43H57N13O8. The van der Waals surface area contributed by atoms with Crippen LogP contribution in [-0.2, 0) is 46.4 Å². The Kier molecular flexibility index (Phi) is 15.6. The molecule has 3 saturated heterocycles. The summed E-state index contributed by atoms with van der Waals surface area (Å²) in [4.78, 5) is 116. The molecule has 0 spiro atoms. The van der Waals surface area contributed by atoms with E-state index < -0.39 is 89.5 Å². The molecule has 14 N–H and O–H groups in total. The monoisotopic (exact) mass is 883 g/mol. The zero-order valence-electron chi connectivity index (χ0n) is 35.4. The molecule has 64 heavy (non-hydrogen) atoms. The molecule has 3 aliphatic rings. The number of nitrogens with two attached hydrogens (primary N) is 2. The Labute approximate surface area is 369 Å². The van der Waals surface area contributed by atoms with Crippen molar-refractivity contribution in [1.82, 2.24) is 52.4 Å². The number of para-hydroxylation sites is 1. The number of primary amides is 1. The molecule has 2 bridgehead atoms. The van der Waals surface area contributed by atoms with Crippen molar-refractivity contribution in [2.75, 3.05) is 32.7 Å². The molecule has 0 saturated carbocycles. The van der Waals surface area contributed by atoms with Crippen LogP contribution in [0.15, 0.2) is 60.8 Å². The lowest BCUT2D eigenvalue weighted by Crippen LogP contribution is -2.72. The van der Waals surface area contributed by atoms with Crippen molar-refractivity contribution < 1.29 is 38.4 Å². The third-order valence-electron chi connectivity index (χ3n) is 11.8. The summed E-state index contributed by atoms with van der Waals surface area (Å²) in [7, 11) is 0. The highest BCUT2D eigenvalue weighted by Crippen LogP contribution is 2.26. The van der Waals surface area contributed by atoms with Crippen molar-refractivity contribution in [2.45, 2.75) is 93.5 Å². The summed E-state index contributed by atoms with van der Waals surface area (Å²) in [6, 6.07) is 9.27. The summed E-state index contributed by atoms with van der Waals surface area (Å²) in [5, 5.41) is 31.4. The van der Waals surface area contributed by atoms with Crippen molar-refractivity contribution in [1.29, 1.82) is 5.41 Å². The van der Waals surface area contributed by atoms with Gasteiger partial charge in [-0.2, -0.15) is 0 Å². The summed E-state index contributed by atoms with van der Waals surface area (Å²) >= 11 is 0. The molecule has 8 amide bonds. The van der Waals surface area contributed by atoms with E-state index in [9.17, 15) is 28.8 Å². The van der Waals surface area contributed by atoms with E-state index in [2.05, 4.69) is 47.5 Å². The number of H-pyrrole nitrogens is 1. The number of Topliss-reactive ketones (excluding diaryl/α,β-unsaturated/α-hetero) is 1. The number of nitrogens with one attached hydrogen (secondary N) is 10. The fourth-order valence-corrected chi connectivity index (χ4v) is 8.50. The van der Waals surface area contributed by atoms with Gasteiger partial charge in [0.05, 0.1) is 0 Å². The maximum Gasteiger partial charge on any atom is 0.324 e. The molecule has 1 unspecified atom stereocenters. The summed E-state index contributed by atoms with van der Waals surface area (Å²) in [6.07, 6.45) is 1.25. The number of amides is 8. The molecular weight excluding hydrogens is 827 g/mol. The lowest BCUT2D eigenvalue weighted by atomic mass is 9.78. The van der Waals surface area contributed by atoms with Crippen LogP contribution in [0, 0.1) is 5.41 Å². The zero-order valence-corrected chi connectivity index (χ0v) is 35.4. The van der Waals surface area contributed by atoms with E-state index >= 15 is 9.59 Å². The topological polar surface area (TPSA) is 328 Å². The van der Waals surface area contributed by atoms with Crippen molar-refractivity contribution >= 4 is 64.1 Å². The number of hydrogen-bond donors (Lipinski definition) is 12. The van der Waals surface area contributed by atoms with E-state index in [-0.39, 0.29) is 83.6 Å². The van der Waals surface area contributed by atoms with Gasteiger partial charge in [-0.3, -0.25) is 43.9 Å². The minimum absolute atomic E-state index is 0.00187. The number of urea groups is 1. The number of hydrogen-bond acceptors (Lipinski definition) is 11. The molecule has 21 nitrogen and oxygen atoms in total. The van der Waals surface area contributed by atoms with Crippen molar-refractivity contribution in [3.63, 3.8) is 0 Å². The summed E-state index contributed by atoms with van der Waals surface area (Å²) in [5.41, 5.74) is 11.5. The third kappa shape index (κ3) is 11.8. The van der Waals surface area contributed by atoms with Gasteiger partial charge in [-0.25, -0.2) is 4.79 Å². The second-order valence-corrected chi connectivity index (χ2v) is 16.4. The molecule has 6 rings (SSSR count). The van der Waals surface area contributed by atoms with Gasteiger partial charge in [0, 0.05) is 75.0 Å². The number of carbonyl (C=O) groups excluding carboxylic acids is 8. The van der Waals surface area contributed by atoms with E-state index in [1.807, 2.05) is 54.6 Å². The summed E-state index contributed by atoms with van der Waals surface area (Å²) < 4.78 is 0. The Morgan fingerprint density at radius 3 is 2.34 bits per heavy atom. The molecule has 3 fully saturated rings. The first-order valence-electron chi connectivity index (χ1n) is 21.5. The fraction of sp³-hybridized carbons (Fsp3) is 0.465. The number of imide groups is 1. The molecule has 4 heterocycles. The quantitative estimate of drug-likeness (QED) is 0.0666. The van der Waals surface area contributed by atoms with Gasteiger partial charge in [0.25, 0.3) is 5.91 Å². The van der Waals surface area contributed by atoms with E-state index in [4.69, 9.17) is 16.9 Å². The number of aromatic nitrogens is 1. The molecule has 21 heteroatoms. The zero-order chi connectivity index (χ0) is 45.8. The SMILES string of the molecule is N=C(N)NCC[C@@]12NCCCC[C@@H](C(N)=O)NC(=O)[C@H](Cc3c[nH]c4ccccc34)NC(=O)C1NC(=O)C[C@@H](Cc1ccccc1)NC(=O)CCNCCN1C(=O)N[C@@H](CC2=O)C1=O. The summed E-state index contributed by atoms with van der Waals surface area (Å²) in [5.74, 6) is -5.56. The standard InChI is InChI=1S/C43H57N13O8/c44-37(60)30-12-6-7-15-50-43(14-17-48-41(45)46)33(57)23-32-40(63)56(42(64)54-32)19-18-47-16-13-34(58)51-27(20-25-8-2-1-3-9-25)22-35(59)55-36(43)39(62)53-31(38(61)52-30)21-26-24-49-29-11-5-4-10-28(26)29/h1-5,8-11,24,27,30-32,36,47,49-50H,6-7,12-23H2,(H2,44,60)(H,51,58)(H,52,61)(H,53,62)(H,54,64)(H,55,59)(H4,45,46,48)/t27-,30+,31+,32+,36?,43+/m1/s1. The average molecular weight is 884 g/mol. The van der Waals surface area contributed by atoms with Gasteiger partial charge in [-0.1, -0.05) is 48.5 Å². The van der Waals surface area contributed by atoms with Crippen molar-refractivity contribution in [3.05, 3.63) is 71.9 Å². The van der Waals surface area contributed by atoms with Gasteiger partial charge in [0.15, 0.2) is 11.7 Å². The number of benzene rings is 2. The van der Waals surface area contributed by atoms with Gasteiger partial charge in [0.2, 0.25) is 29.5 Å². The molecule has 0 aliphatic carbocycles. The smallest absolute Gasteiger partial charge is 0.324 e. The second kappa shape index (κ2) is 21.5. The van der Waals surface area contributed by atoms with Crippen LogP contribution in [0.4, 0.5) is 4.79 Å². The van der Waals surface area contributed by atoms with E-state index in [1.165, 1.54) is 0 Å². The van der Waals surface area contributed by atoms with Gasteiger partial charge in [-0.05, 0) is 55.8 Å².